The van der Waals surface area contributed by atoms with Gasteiger partial charge in [-0.05, 0) is 52.3 Å². The quantitative estimate of drug-likeness (QED) is 0.794. The Morgan fingerprint density at radius 3 is 2.48 bits per heavy atom. The van der Waals surface area contributed by atoms with Crippen LogP contribution in [0.5, 0.6) is 0 Å². The average Bonchev–Trinajstić information content (AvgIpc) is 2.37. The maximum Gasteiger partial charge on any atom is 0.263 e. The van der Waals surface area contributed by atoms with Crippen molar-refractivity contribution in [2.24, 2.45) is 0 Å². The molecule has 0 spiro atoms. The molecule has 1 N–H and O–H groups in total. The van der Waals surface area contributed by atoms with Gasteiger partial charge in [-0.2, -0.15) is 5.26 Å². The number of hydrogen-bond acceptors (Lipinski definition) is 3. The van der Waals surface area contributed by atoms with E-state index in [0.717, 1.165) is 18.2 Å². The van der Waals surface area contributed by atoms with Crippen molar-refractivity contribution >= 4 is 47.6 Å². The summed E-state index contributed by atoms with van der Waals surface area (Å²) in [6, 6.07) is 9.75. The van der Waals surface area contributed by atoms with Crippen LogP contribution in [-0.4, -0.2) is 8.42 Å². The first-order valence-electron chi connectivity index (χ1n) is 5.51. The molecule has 0 atom stereocenters. The number of nitrogens with zero attached hydrogens (tertiary/aromatic N) is 1. The SMILES string of the molecule is N#Cc1ccc(Br)cc1NS(=O)(=O)c1ccc(F)cc1Br. The van der Waals surface area contributed by atoms with Crippen LogP contribution in [0.25, 0.3) is 0 Å². The van der Waals surface area contributed by atoms with E-state index in [1.807, 2.05) is 6.07 Å². The normalized spacial score (nSPS) is 11.0. The van der Waals surface area contributed by atoms with Crippen LogP contribution in [0.3, 0.4) is 0 Å². The lowest BCUT2D eigenvalue weighted by Crippen LogP contribution is -2.14. The maximum absolute atomic E-state index is 13.0. The molecule has 0 amide bonds. The second-order valence-corrected chi connectivity index (χ2v) is 7.40. The Labute approximate surface area is 137 Å². The Kier molecular flexibility index (Phi) is 4.66. The van der Waals surface area contributed by atoms with Gasteiger partial charge < -0.3 is 0 Å². The minimum absolute atomic E-state index is 0.100. The molecule has 0 radical (unpaired) electrons. The molecule has 2 rings (SSSR count). The fourth-order valence-electron chi connectivity index (χ4n) is 1.59. The van der Waals surface area contributed by atoms with Crippen LogP contribution in [0.15, 0.2) is 50.2 Å². The van der Waals surface area contributed by atoms with Gasteiger partial charge >= 0.3 is 0 Å². The number of anilines is 1. The van der Waals surface area contributed by atoms with Gasteiger partial charge in [0.2, 0.25) is 0 Å². The minimum Gasteiger partial charge on any atom is -0.278 e. The molecule has 0 saturated carbocycles. The molecule has 0 aliphatic heterocycles. The van der Waals surface area contributed by atoms with E-state index in [1.54, 1.807) is 6.07 Å². The summed E-state index contributed by atoms with van der Waals surface area (Å²) in [6.45, 7) is 0. The highest BCUT2D eigenvalue weighted by Gasteiger charge is 2.19. The number of halogens is 3. The number of hydrogen-bond donors (Lipinski definition) is 1. The van der Waals surface area contributed by atoms with E-state index in [9.17, 15) is 12.8 Å². The standard InChI is InChI=1S/C13H7Br2FN2O2S/c14-9-2-1-8(7-17)12(5-9)18-21(19,20)13-4-3-10(16)6-11(13)15/h1-6,18H. The third kappa shape index (κ3) is 3.61. The molecular weight excluding hydrogens is 427 g/mol. The number of nitrogens with one attached hydrogen (secondary N) is 1. The maximum atomic E-state index is 13.0. The van der Waals surface area contributed by atoms with E-state index >= 15 is 0 Å². The average molecular weight is 434 g/mol. The van der Waals surface area contributed by atoms with Gasteiger partial charge in [0.25, 0.3) is 10.0 Å². The summed E-state index contributed by atoms with van der Waals surface area (Å²) in [5.41, 5.74) is 0.322. The molecule has 0 saturated heterocycles. The van der Waals surface area contributed by atoms with E-state index in [4.69, 9.17) is 5.26 Å². The highest BCUT2D eigenvalue weighted by molar-refractivity contribution is 9.10. The first-order chi connectivity index (χ1) is 9.83. The van der Waals surface area contributed by atoms with Crippen molar-refractivity contribution in [1.82, 2.24) is 0 Å². The number of rotatable bonds is 3. The van der Waals surface area contributed by atoms with E-state index < -0.39 is 15.8 Å². The lowest BCUT2D eigenvalue weighted by atomic mass is 10.2. The zero-order chi connectivity index (χ0) is 15.6. The first kappa shape index (κ1) is 15.9. The van der Waals surface area contributed by atoms with E-state index in [1.165, 1.54) is 12.1 Å². The predicted molar refractivity (Wildman–Crippen MR) is 83.8 cm³/mol. The fourth-order valence-corrected chi connectivity index (χ4v) is 4.07. The van der Waals surface area contributed by atoms with Gasteiger partial charge in [-0.25, -0.2) is 12.8 Å². The molecule has 0 aliphatic rings. The lowest BCUT2D eigenvalue weighted by Gasteiger charge is -2.11. The van der Waals surface area contributed by atoms with Crippen molar-refractivity contribution in [2.75, 3.05) is 4.72 Å². The summed E-state index contributed by atoms with van der Waals surface area (Å²) >= 11 is 6.22. The van der Waals surface area contributed by atoms with Crippen molar-refractivity contribution < 1.29 is 12.8 Å². The molecule has 4 nitrogen and oxygen atoms in total. The molecule has 0 bridgehead atoms. The summed E-state index contributed by atoms with van der Waals surface area (Å²) in [5.74, 6) is -0.555. The molecule has 0 heterocycles. The fraction of sp³-hybridized carbons (Fsp3) is 0. The van der Waals surface area contributed by atoms with Crippen LogP contribution in [0.4, 0.5) is 10.1 Å². The van der Waals surface area contributed by atoms with E-state index in [2.05, 4.69) is 36.6 Å². The summed E-state index contributed by atoms with van der Waals surface area (Å²) < 4.78 is 40.7. The number of nitriles is 1. The van der Waals surface area contributed by atoms with Crippen LogP contribution in [0.1, 0.15) is 5.56 Å². The van der Waals surface area contributed by atoms with Gasteiger partial charge in [-0.1, -0.05) is 15.9 Å². The second kappa shape index (κ2) is 6.13. The minimum atomic E-state index is -3.95. The van der Waals surface area contributed by atoms with Crippen LogP contribution in [-0.2, 0) is 10.0 Å². The van der Waals surface area contributed by atoms with Crippen molar-refractivity contribution in [1.29, 1.82) is 5.26 Å². The Bertz CT molecular complexity index is 848. The lowest BCUT2D eigenvalue weighted by molar-refractivity contribution is 0.599. The van der Waals surface area contributed by atoms with Gasteiger partial charge in [-0.15, -0.1) is 0 Å². The third-order valence-corrected chi connectivity index (χ3v) is 5.37. The summed E-state index contributed by atoms with van der Waals surface area (Å²) in [5, 5.41) is 9.01. The van der Waals surface area contributed by atoms with Crippen LogP contribution in [0.2, 0.25) is 0 Å². The number of benzene rings is 2. The van der Waals surface area contributed by atoms with Gasteiger partial charge in [0.15, 0.2) is 0 Å². The second-order valence-electron chi connectivity index (χ2n) is 3.98. The molecule has 0 fully saturated rings. The van der Waals surface area contributed by atoms with Crippen molar-refractivity contribution in [2.45, 2.75) is 4.90 Å². The van der Waals surface area contributed by atoms with Gasteiger partial charge in [0.05, 0.1) is 11.3 Å². The molecule has 108 valence electrons. The number of sulfonamides is 1. The highest BCUT2D eigenvalue weighted by Crippen LogP contribution is 2.27. The largest absolute Gasteiger partial charge is 0.278 e. The van der Waals surface area contributed by atoms with Crippen molar-refractivity contribution in [3.63, 3.8) is 0 Å². The summed E-state index contributed by atoms with van der Waals surface area (Å²) in [4.78, 5) is -0.118. The van der Waals surface area contributed by atoms with Crippen molar-refractivity contribution in [3.05, 3.63) is 56.7 Å². The molecule has 8 heteroatoms. The first-order valence-corrected chi connectivity index (χ1v) is 8.58. The molecule has 21 heavy (non-hydrogen) atoms. The van der Waals surface area contributed by atoms with Crippen LogP contribution < -0.4 is 4.72 Å². The Morgan fingerprint density at radius 2 is 1.86 bits per heavy atom. The monoisotopic (exact) mass is 432 g/mol. The molecule has 0 aliphatic carbocycles. The van der Waals surface area contributed by atoms with Crippen LogP contribution in [0, 0.1) is 17.1 Å². The Balaban J connectivity index is 2.47. The predicted octanol–water partition coefficient (Wildman–Crippen LogP) is 4.02. The molecule has 0 unspecified atom stereocenters. The molecule has 2 aromatic rings. The van der Waals surface area contributed by atoms with E-state index in [0.29, 0.717) is 4.47 Å². The topological polar surface area (TPSA) is 70.0 Å². The zero-order valence-corrected chi connectivity index (χ0v) is 14.3. The Morgan fingerprint density at radius 1 is 1.14 bits per heavy atom. The van der Waals surface area contributed by atoms with Gasteiger partial charge in [-0.3, -0.25) is 4.72 Å². The smallest absolute Gasteiger partial charge is 0.263 e. The molecule has 0 aromatic heterocycles. The van der Waals surface area contributed by atoms with Crippen molar-refractivity contribution in [3.8, 4) is 6.07 Å². The van der Waals surface area contributed by atoms with E-state index in [-0.39, 0.29) is 20.6 Å². The molecule has 2 aromatic carbocycles. The molecular formula is C13H7Br2FN2O2S. The van der Waals surface area contributed by atoms with Gasteiger partial charge in [0, 0.05) is 8.95 Å². The summed E-state index contributed by atoms with van der Waals surface area (Å²) in [6.07, 6.45) is 0. The highest BCUT2D eigenvalue weighted by atomic mass is 79.9. The van der Waals surface area contributed by atoms with Gasteiger partial charge in [0.1, 0.15) is 16.8 Å². The van der Waals surface area contributed by atoms with Crippen LogP contribution >= 0.6 is 31.9 Å². The third-order valence-electron chi connectivity index (χ3n) is 2.53. The summed E-state index contributed by atoms with van der Waals surface area (Å²) in [7, 11) is -3.95. The zero-order valence-electron chi connectivity index (χ0n) is 10.3. The Hall–Kier alpha value is -1.43.